The molecule has 2 aromatic rings. The van der Waals surface area contributed by atoms with Gasteiger partial charge in [-0.25, -0.2) is 0 Å². The van der Waals surface area contributed by atoms with Crippen LogP contribution in [0, 0.1) is 6.92 Å². The highest BCUT2D eigenvalue weighted by Gasteiger charge is 2.10. The first-order chi connectivity index (χ1) is 8.19. The number of benzene rings is 1. The highest BCUT2D eigenvalue weighted by atomic mass is 35.5. The number of anilines is 1. The molecule has 1 amide bonds. The van der Waals surface area contributed by atoms with E-state index in [9.17, 15) is 4.79 Å². The molecule has 1 heterocycles. The molecule has 0 saturated carbocycles. The number of carbonyl (C=O) groups is 1. The zero-order valence-corrected chi connectivity index (χ0v) is 9.86. The van der Waals surface area contributed by atoms with Crippen LogP contribution in [-0.4, -0.2) is 16.0 Å². The van der Waals surface area contributed by atoms with Crippen LogP contribution in [0.4, 0.5) is 6.01 Å². The highest BCUT2D eigenvalue weighted by molar-refractivity contribution is 6.17. The van der Waals surface area contributed by atoms with Gasteiger partial charge in [0, 0.05) is 11.4 Å². The smallest absolute Gasteiger partial charge is 0.315 e. The second-order valence-corrected chi connectivity index (χ2v) is 3.70. The lowest BCUT2D eigenvalue weighted by atomic mass is 10.1. The maximum Gasteiger partial charge on any atom is 0.328 e. The Labute approximate surface area is 103 Å². The second kappa shape index (κ2) is 4.97. The van der Waals surface area contributed by atoms with Gasteiger partial charge in [0.2, 0.25) is 0 Å². The quantitative estimate of drug-likeness (QED) is 0.851. The minimum atomic E-state index is -0.305. The number of aryl methyl sites for hydroxylation is 1. The van der Waals surface area contributed by atoms with Crippen LogP contribution in [-0.2, 0) is 5.88 Å². The van der Waals surface area contributed by atoms with Crippen molar-refractivity contribution in [2.24, 2.45) is 0 Å². The zero-order valence-electron chi connectivity index (χ0n) is 9.11. The molecule has 2 rings (SSSR count). The number of hydrogen-bond acceptors (Lipinski definition) is 4. The lowest BCUT2D eigenvalue weighted by molar-refractivity contribution is 0.102. The summed E-state index contributed by atoms with van der Waals surface area (Å²) >= 11 is 5.69. The van der Waals surface area contributed by atoms with Crippen LogP contribution in [0.1, 0.15) is 21.7 Å². The first-order valence-corrected chi connectivity index (χ1v) is 5.49. The van der Waals surface area contributed by atoms with Gasteiger partial charge in [-0.1, -0.05) is 17.3 Å². The van der Waals surface area contributed by atoms with Crippen molar-refractivity contribution in [2.75, 3.05) is 5.32 Å². The van der Waals surface area contributed by atoms with Gasteiger partial charge >= 0.3 is 6.01 Å². The Kier molecular flexibility index (Phi) is 3.39. The van der Waals surface area contributed by atoms with Crippen molar-refractivity contribution >= 4 is 23.5 Å². The van der Waals surface area contributed by atoms with Crippen molar-refractivity contribution in [3.63, 3.8) is 0 Å². The number of alkyl halides is 1. The van der Waals surface area contributed by atoms with E-state index in [-0.39, 0.29) is 11.9 Å². The molecule has 1 N–H and O–H groups in total. The SMILES string of the molecule is Cc1noc(NC(=O)c2cccc(CCl)c2)n1. The minimum Gasteiger partial charge on any atom is -0.315 e. The predicted molar refractivity (Wildman–Crippen MR) is 63.0 cm³/mol. The summed E-state index contributed by atoms with van der Waals surface area (Å²) in [5.41, 5.74) is 1.38. The standard InChI is InChI=1S/C11H10ClN3O2/c1-7-13-11(17-15-7)14-10(16)9-4-2-3-8(5-9)6-12/h2-5H,6H2,1H3,(H,13,14,15,16). The van der Waals surface area contributed by atoms with Crippen LogP contribution < -0.4 is 5.32 Å². The van der Waals surface area contributed by atoms with Crippen molar-refractivity contribution in [3.05, 3.63) is 41.2 Å². The fourth-order valence-corrected chi connectivity index (χ4v) is 1.48. The molecule has 0 unspecified atom stereocenters. The number of amides is 1. The Morgan fingerprint density at radius 2 is 2.35 bits per heavy atom. The van der Waals surface area contributed by atoms with Gasteiger partial charge in [0.05, 0.1) is 0 Å². The summed E-state index contributed by atoms with van der Waals surface area (Å²) in [6.07, 6.45) is 0. The summed E-state index contributed by atoms with van der Waals surface area (Å²) in [6, 6.07) is 7.11. The van der Waals surface area contributed by atoms with Gasteiger partial charge in [-0.15, -0.1) is 11.6 Å². The number of carbonyl (C=O) groups excluding carboxylic acids is 1. The van der Waals surface area contributed by atoms with E-state index in [4.69, 9.17) is 16.1 Å². The molecular weight excluding hydrogens is 242 g/mol. The van der Waals surface area contributed by atoms with E-state index in [0.717, 1.165) is 5.56 Å². The molecule has 0 aliphatic rings. The van der Waals surface area contributed by atoms with E-state index in [1.54, 1.807) is 25.1 Å². The van der Waals surface area contributed by atoms with Crippen molar-refractivity contribution in [3.8, 4) is 0 Å². The topological polar surface area (TPSA) is 68.0 Å². The van der Waals surface area contributed by atoms with Crippen LogP contribution in [0.25, 0.3) is 0 Å². The van der Waals surface area contributed by atoms with Gasteiger partial charge < -0.3 is 4.52 Å². The van der Waals surface area contributed by atoms with Gasteiger partial charge in [0.1, 0.15) is 0 Å². The maximum absolute atomic E-state index is 11.8. The normalized spacial score (nSPS) is 10.2. The second-order valence-electron chi connectivity index (χ2n) is 3.43. The largest absolute Gasteiger partial charge is 0.328 e. The first-order valence-electron chi connectivity index (χ1n) is 4.95. The molecule has 0 fully saturated rings. The number of halogens is 1. The van der Waals surface area contributed by atoms with E-state index < -0.39 is 0 Å². The van der Waals surface area contributed by atoms with Crippen LogP contribution in [0.15, 0.2) is 28.8 Å². The summed E-state index contributed by atoms with van der Waals surface area (Å²) < 4.78 is 4.79. The third-order valence-corrected chi connectivity index (χ3v) is 2.40. The Bertz CT molecular complexity index is 539. The Hall–Kier alpha value is -1.88. The number of nitrogens with one attached hydrogen (secondary N) is 1. The summed E-state index contributed by atoms with van der Waals surface area (Å²) in [4.78, 5) is 15.7. The Balaban J connectivity index is 2.14. The fourth-order valence-electron chi connectivity index (χ4n) is 1.31. The van der Waals surface area contributed by atoms with Gasteiger partial charge in [-0.3, -0.25) is 10.1 Å². The van der Waals surface area contributed by atoms with Gasteiger partial charge in [-0.05, 0) is 24.6 Å². The Morgan fingerprint density at radius 3 is 3.00 bits per heavy atom. The van der Waals surface area contributed by atoms with Crippen molar-refractivity contribution < 1.29 is 9.32 Å². The third kappa shape index (κ3) is 2.82. The summed E-state index contributed by atoms with van der Waals surface area (Å²) in [5.74, 6) is 0.524. The average Bonchev–Trinajstić information content (AvgIpc) is 2.75. The maximum atomic E-state index is 11.8. The first kappa shape index (κ1) is 11.6. The third-order valence-electron chi connectivity index (χ3n) is 2.09. The van der Waals surface area contributed by atoms with Crippen LogP contribution in [0.2, 0.25) is 0 Å². The molecule has 88 valence electrons. The monoisotopic (exact) mass is 251 g/mol. The lowest BCUT2D eigenvalue weighted by Crippen LogP contribution is -2.12. The van der Waals surface area contributed by atoms with Crippen LogP contribution >= 0.6 is 11.6 Å². The van der Waals surface area contributed by atoms with Gasteiger partial charge in [0.25, 0.3) is 5.91 Å². The predicted octanol–water partition coefficient (Wildman–Crippen LogP) is 2.37. The minimum absolute atomic E-state index is 0.0868. The molecule has 1 aromatic heterocycles. The van der Waals surface area contributed by atoms with Crippen LogP contribution in [0.5, 0.6) is 0 Å². The average molecular weight is 252 g/mol. The lowest BCUT2D eigenvalue weighted by Gasteiger charge is -2.01. The number of hydrogen-bond donors (Lipinski definition) is 1. The number of rotatable bonds is 3. The van der Waals surface area contributed by atoms with Gasteiger partial charge in [-0.2, -0.15) is 4.98 Å². The molecule has 1 aromatic carbocycles. The molecule has 0 aliphatic carbocycles. The molecule has 17 heavy (non-hydrogen) atoms. The van der Waals surface area contributed by atoms with E-state index in [0.29, 0.717) is 17.3 Å². The molecule has 0 spiro atoms. The molecule has 0 bridgehead atoms. The van der Waals surface area contributed by atoms with E-state index in [1.165, 1.54) is 0 Å². The molecule has 0 atom stereocenters. The molecular formula is C11H10ClN3O2. The van der Waals surface area contributed by atoms with Crippen LogP contribution in [0.3, 0.4) is 0 Å². The number of nitrogens with zero attached hydrogens (tertiary/aromatic N) is 2. The van der Waals surface area contributed by atoms with Crippen molar-refractivity contribution in [1.82, 2.24) is 10.1 Å². The fraction of sp³-hybridized carbons (Fsp3) is 0.182. The molecule has 5 nitrogen and oxygen atoms in total. The van der Waals surface area contributed by atoms with E-state index in [1.807, 2.05) is 6.07 Å². The number of aromatic nitrogens is 2. The molecule has 6 heteroatoms. The zero-order chi connectivity index (χ0) is 12.3. The summed E-state index contributed by atoms with van der Waals surface area (Å²) in [6.45, 7) is 1.67. The van der Waals surface area contributed by atoms with Gasteiger partial charge in [0.15, 0.2) is 5.82 Å². The highest BCUT2D eigenvalue weighted by Crippen LogP contribution is 2.10. The molecule has 0 saturated heterocycles. The van der Waals surface area contributed by atoms with E-state index >= 15 is 0 Å². The van der Waals surface area contributed by atoms with Crippen molar-refractivity contribution in [1.29, 1.82) is 0 Å². The summed E-state index contributed by atoms with van der Waals surface area (Å²) in [5, 5.41) is 6.08. The molecule has 0 radical (unpaired) electrons. The summed E-state index contributed by atoms with van der Waals surface area (Å²) in [7, 11) is 0. The Morgan fingerprint density at radius 1 is 1.53 bits per heavy atom. The van der Waals surface area contributed by atoms with Crippen molar-refractivity contribution in [2.45, 2.75) is 12.8 Å². The van der Waals surface area contributed by atoms with E-state index in [2.05, 4.69) is 15.5 Å². The molecule has 0 aliphatic heterocycles.